The van der Waals surface area contributed by atoms with E-state index in [1.54, 1.807) is 0 Å². The summed E-state index contributed by atoms with van der Waals surface area (Å²) in [6.45, 7) is 6.58. The summed E-state index contributed by atoms with van der Waals surface area (Å²) in [5, 5.41) is 0. The molecule has 2 heteroatoms. The van der Waals surface area contributed by atoms with Gasteiger partial charge in [-0.25, -0.2) is 0 Å². The van der Waals surface area contributed by atoms with Crippen LogP contribution in [0, 0.1) is 0 Å². The molecule has 2 N–H and O–H groups in total. The number of hydrogen-bond donors (Lipinski definition) is 1. The lowest BCUT2D eigenvalue weighted by atomic mass is 9.95. The average molecular weight is 273 g/mol. The van der Waals surface area contributed by atoms with Gasteiger partial charge in [0.05, 0.1) is 6.04 Å². The highest BCUT2D eigenvalue weighted by Crippen LogP contribution is 2.30. The Morgan fingerprint density at radius 3 is 2.37 bits per heavy atom. The Morgan fingerprint density at radius 2 is 1.79 bits per heavy atom. The van der Waals surface area contributed by atoms with E-state index < -0.39 is 0 Å². The van der Waals surface area contributed by atoms with E-state index in [9.17, 15) is 0 Å². The second-order valence-electron chi connectivity index (χ2n) is 4.88. The number of hydrogen-bond acceptors (Lipinski definition) is 2. The van der Waals surface area contributed by atoms with Crippen molar-refractivity contribution in [2.75, 3.05) is 0 Å². The van der Waals surface area contributed by atoms with Crippen LogP contribution in [-0.4, -0.2) is 0 Å². The zero-order valence-electron chi connectivity index (χ0n) is 12.1. The van der Waals surface area contributed by atoms with Crippen molar-refractivity contribution in [1.82, 2.24) is 0 Å². The van der Waals surface area contributed by atoms with E-state index in [1.165, 1.54) is 26.4 Å². The molecule has 0 spiro atoms. The van der Waals surface area contributed by atoms with Crippen molar-refractivity contribution in [1.29, 1.82) is 0 Å². The van der Waals surface area contributed by atoms with Crippen LogP contribution in [0.1, 0.15) is 53.3 Å². The van der Waals surface area contributed by atoms with Crippen LogP contribution in [0.3, 0.4) is 0 Å². The first-order chi connectivity index (χ1) is 9.19. The number of thiophene rings is 1. The van der Waals surface area contributed by atoms with Gasteiger partial charge in [-0.05, 0) is 48.1 Å². The molecule has 0 amide bonds. The Hall–Kier alpha value is -1.12. The van der Waals surface area contributed by atoms with Crippen molar-refractivity contribution in [2.45, 2.75) is 46.1 Å². The number of aryl methyl sites for hydroxylation is 3. The highest BCUT2D eigenvalue weighted by molar-refractivity contribution is 7.12. The summed E-state index contributed by atoms with van der Waals surface area (Å²) in [6.07, 6.45) is 3.19. The van der Waals surface area contributed by atoms with Crippen LogP contribution >= 0.6 is 11.3 Å². The molecule has 1 nitrogen and oxygen atoms in total. The van der Waals surface area contributed by atoms with Gasteiger partial charge < -0.3 is 5.73 Å². The topological polar surface area (TPSA) is 26.0 Å². The normalized spacial score (nSPS) is 12.6. The quantitative estimate of drug-likeness (QED) is 0.854. The van der Waals surface area contributed by atoms with Crippen LogP contribution in [0.4, 0.5) is 0 Å². The highest BCUT2D eigenvalue weighted by atomic mass is 32.1. The van der Waals surface area contributed by atoms with Gasteiger partial charge in [0.15, 0.2) is 0 Å². The first kappa shape index (κ1) is 14.3. The molecule has 2 rings (SSSR count). The number of nitrogens with two attached hydrogens (primary N) is 1. The van der Waals surface area contributed by atoms with Crippen LogP contribution < -0.4 is 5.73 Å². The zero-order valence-corrected chi connectivity index (χ0v) is 12.9. The van der Waals surface area contributed by atoms with Gasteiger partial charge in [-0.15, -0.1) is 11.3 Å². The predicted molar refractivity (Wildman–Crippen MR) is 84.9 cm³/mol. The van der Waals surface area contributed by atoms with Crippen LogP contribution in [0.5, 0.6) is 0 Å². The van der Waals surface area contributed by atoms with E-state index >= 15 is 0 Å². The summed E-state index contributed by atoms with van der Waals surface area (Å²) in [7, 11) is 0. The van der Waals surface area contributed by atoms with Crippen molar-refractivity contribution in [3.63, 3.8) is 0 Å². The Balaban J connectivity index is 2.38. The molecule has 0 aliphatic heterocycles. The molecule has 0 fully saturated rings. The van der Waals surface area contributed by atoms with Gasteiger partial charge in [0.2, 0.25) is 0 Å². The SMILES string of the molecule is CCc1ccc(CC)c(C(N)c2ccc(CC)s2)c1. The third kappa shape index (κ3) is 3.07. The Labute approximate surface area is 120 Å². The van der Waals surface area contributed by atoms with Crippen LogP contribution in [-0.2, 0) is 19.3 Å². The molecule has 1 unspecified atom stereocenters. The van der Waals surface area contributed by atoms with Gasteiger partial charge in [-0.1, -0.05) is 39.0 Å². The van der Waals surface area contributed by atoms with Gasteiger partial charge >= 0.3 is 0 Å². The van der Waals surface area contributed by atoms with Crippen molar-refractivity contribution in [2.24, 2.45) is 5.73 Å². The zero-order chi connectivity index (χ0) is 13.8. The molecule has 0 saturated carbocycles. The summed E-state index contributed by atoms with van der Waals surface area (Å²) >= 11 is 1.84. The third-order valence-corrected chi connectivity index (χ3v) is 4.98. The highest BCUT2D eigenvalue weighted by Gasteiger charge is 2.15. The first-order valence-corrected chi connectivity index (χ1v) is 7.97. The maximum Gasteiger partial charge on any atom is 0.0648 e. The minimum Gasteiger partial charge on any atom is -0.320 e. The molecule has 0 radical (unpaired) electrons. The molecule has 0 bridgehead atoms. The molecular weight excluding hydrogens is 250 g/mol. The summed E-state index contributed by atoms with van der Waals surface area (Å²) in [5.41, 5.74) is 10.5. The largest absolute Gasteiger partial charge is 0.320 e. The first-order valence-electron chi connectivity index (χ1n) is 7.15. The molecule has 1 atom stereocenters. The van der Waals surface area contributed by atoms with Crippen molar-refractivity contribution in [3.05, 3.63) is 56.8 Å². The molecule has 0 aliphatic carbocycles. The van der Waals surface area contributed by atoms with Gasteiger partial charge in [-0.3, -0.25) is 0 Å². The Bertz CT molecular complexity index is 542. The fraction of sp³-hybridized carbons (Fsp3) is 0.412. The third-order valence-electron chi connectivity index (χ3n) is 3.67. The second kappa shape index (κ2) is 6.36. The van der Waals surface area contributed by atoms with E-state index in [-0.39, 0.29) is 6.04 Å². The van der Waals surface area contributed by atoms with Crippen LogP contribution in [0.25, 0.3) is 0 Å². The Kier molecular flexibility index (Phi) is 4.78. The molecule has 1 aromatic carbocycles. The van der Waals surface area contributed by atoms with Crippen molar-refractivity contribution in [3.8, 4) is 0 Å². The summed E-state index contributed by atoms with van der Waals surface area (Å²) in [5.74, 6) is 0. The average Bonchev–Trinajstić information content (AvgIpc) is 2.94. The number of benzene rings is 1. The number of rotatable bonds is 5. The van der Waals surface area contributed by atoms with Gasteiger partial charge in [0.25, 0.3) is 0 Å². The molecule has 0 saturated heterocycles. The maximum absolute atomic E-state index is 6.49. The molecule has 0 aliphatic rings. The van der Waals surface area contributed by atoms with Crippen molar-refractivity contribution >= 4 is 11.3 Å². The van der Waals surface area contributed by atoms with E-state index in [1.807, 2.05) is 11.3 Å². The molecule has 19 heavy (non-hydrogen) atoms. The fourth-order valence-electron chi connectivity index (χ4n) is 2.38. The van der Waals surface area contributed by atoms with Crippen LogP contribution in [0.15, 0.2) is 30.3 Å². The maximum atomic E-state index is 6.49. The van der Waals surface area contributed by atoms with Gasteiger partial charge in [0, 0.05) is 9.75 Å². The molecular formula is C17H23NS. The summed E-state index contributed by atoms with van der Waals surface area (Å²) < 4.78 is 0. The Morgan fingerprint density at radius 1 is 1.00 bits per heavy atom. The molecule has 1 heterocycles. The van der Waals surface area contributed by atoms with E-state index in [0.29, 0.717) is 0 Å². The smallest absolute Gasteiger partial charge is 0.0648 e. The monoisotopic (exact) mass is 273 g/mol. The lowest BCUT2D eigenvalue weighted by Crippen LogP contribution is -2.13. The molecule has 2 aromatic rings. The minimum absolute atomic E-state index is 0.0201. The van der Waals surface area contributed by atoms with E-state index in [0.717, 1.165) is 19.3 Å². The molecule has 1 aromatic heterocycles. The minimum atomic E-state index is 0.0201. The standard InChI is InChI=1S/C17H23NS/c1-4-12-7-8-13(5-2)15(11-12)17(18)16-10-9-14(6-3)19-16/h7-11,17H,4-6,18H2,1-3H3. The fourth-order valence-corrected chi connectivity index (χ4v) is 3.35. The summed E-state index contributed by atoms with van der Waals surface area (Å²) in [6, 6.07) is 11.2. The van der Waals surface area contributed by atoms with Crippen LogP contribution in [0.2, 0.25) is 0 Å². The summed E-state index contributed by atoms with van der Waals surface area (Å²) in [4.78, 5) is 2.69. The molecule has 102 valence electrons. The van der Waals surface area contributed by atoms with Gasteiger partial charge in [-0.2, -0.15) is 0 Å². The van der Waals surface area contributed by atoms with E-state index in [2.05, 4.69) is 51.1 Å². The predicted octanol–water partition coefficient (Wildman–Crippen LogP) is 4.48. The van der Waals surface area contributed by atoms with E-state index in [4.69, 9.17) is 5.73 Å². The van der Waals surface area contributed by atoms with Gasteiger partial charge in [0.1, 0.15) is 0 Å². The lowest BCUT2D eigenvalue weighted by molar-refractivity contribution is 0.863. The van der Waals surface area contributed by atoms with Crippen molar-refractivity contribution < 1.29 is 0 Å². The lowest BCUT2D eigenvalue weighted by Gasteiger charge is -2.16. The second-order valence-corrected chi connectivity index (χ2v) is 6.08.